The number of carbonyl (C=O) groups is 1. The lowest BCUT2D eigenvalue weighted by Gasteiger charge is -2.10. The van der Waals surface area contributed by atoms with Crippen molar-refractivity contribution in [2.45, 2.75) is 0 Å². The van der Waals surface area contributed by atoms with E-state index in [0.29, 0.717) is 10.0 Å². The minimum atomic E-state index is -0.388. The Labute approximate surface area is 119 Å². The van der Waals surface area contributed by atoms with Crippen LogP contribution < -0.4 is 4.74 Å². The maximum absolute atomic E-state index is 11.8. The molecular weight excluding hydrogens is 312 g/mol. The fraction of sp³-hybridized carbons (Fsp3) is 0.231. The van der Waals surface area contributed by atoms with E-state index < -0.39 is 0 Å². The number of carbonyl (C=O) groups excluding carboxylic acids is 1. The van der Waals surface area contributed by atoms with E-state index in [0.717, 1.165) is 0 Å². The highest BCUT2D eigenvalue weighted by Crippen LogP contribution is 2.33. The number of benzene rings is 1. The summed E-state index contributed by atoms with van der Waals surface area (Å²) < 4.78 is 5.55. The molecule has 0 aliphatic rings. The summed E-state index contributed by atoms with van der Waals surface area (Å²) in [6.45, 7) is 0. The number of ether oxygens (including phenoxy) is 1. The van der Waals surface area contributed by atoms with Crippen molar-refractivity contribution in [2.24, 2.45) is 0 Å². The van der Waals surface area contributed by atoms with Crippen LogP contribution in [-0.4, -0.2) is 37.1 Å². The summed E-state index contributed by atoms with van der Waals surface area (Å²) in [6, 6.07) is 4.84. The Hall–Kier alpha value is -2.00. The fourth-order valence-corrected chi connectivity index (χ4v) is 1.82. The molecule has 5 nitrogen and oxygen atoms in total. The Bertz CT molecular complexity index is 574. The number of nitriles is 1. The number of likely N-dealkylation sites (N-methyl/N-ethyl adjacent to an activating group) is 1. The van der Waals surface area contributed by atoms with Gasteiger partial charge in [-0.3, -0.25) is 4.79 Å². The third kappa shape index (κ3) is 3.48. The van der Waals surface area contributed by atoms with Gasteiger partial charge < -0.3 is 14.7 Å². The molecule has 0 spiro atoms. The van der Waals surface area contributed by atoms with Crippen LogP contribution in [0.15, 0.2) is 22.2 Å². The fourth-order valence-electron chi connectivity index (χ4n) is 1.37. The monoisotopic (exact) mass is 324 g/mol. The van der Waals surface area contributed by atoms with Crippen LogP contribution in [0.5, 0.6) is 11.5 Å². The second kappa shape index (κ2) is 6.25. The van der Waals surface area contributed by atoms with E-state index in [1.54, 1.807) is 20.2 Å². The molecule has 0 heterocycles. The van der Waals surface area contributed by atoms with Gasteiger partial charge in [0.1, 0.15) is 11.6 Å². The zero-order valence-electron chi connectivity index (χ0n) is 10.8. The molecule has 0 radical (unpaired) electrons. The maximum atomic E-state index is 11.8. The van der Waals surface area contributed by atoms with Gasteiger partial charge in [0.25, 0.3) is 5.91 Å². The molecule has 1 aromatic rings. The van der Waals surface area contributed by atoms with Gasteiger partial charge in [-0.2, -0.15) is 5.26 Å². The van der Waals surface area contributed by atoms with E-state index in [1.165, 1.54) is 24.2 Å². The second-order valence-corrected chi connectivity index (χ2v) is 4.77. The zero-order valence-corrected chi connectivity index (χ0v) is 12.4. The molecule has 100 valence electrons. The Kier molecular flexibility index (Phi) is 4.95. The van der Waals surface area contributed by atoms with Gasteiger partial charge in [-0.05, 0) is 23.8 Å². The predicted molar refractivity (Wildman–Crippen MR) is 74.6 cm³/mol. The summed E-state index contributed by atoms with van der Waals surface area (Å²) in [7, 11) is 4.56. The van der Waals surface area contributed by atoms with Crippen LogP contribution in [0, 0.1) is 11.3 Å². The van der Waals surface area contributed by atoms with Gasteiger partial charge in [0, 0.05) is 18.6 Å². The standard InChI is InChI=1S/C13H13BrN2O3/c1-16(2)13(18)9(7-15)4-8-5-12(19-3)11(17)6-10(8)14/h4-6,17H,1-3H3. The number of rotatable bonds is 3. The predicted octanol–water partition coefficient (Wildman–Crippen LogP) is 2.16. The van der Waals surface area contributed by atoms with E-state index in [-0.39, 0.29) is 23.0 Å². The van der Waals surface area contributed by atoms with Crippen molar-refractivity contribution in [1.82, 2.24) is 4.90 Å². The molecule has 0 bridgehead atoms. The van der Waals surface area contributed by atoms with Crippen LogP contribution in [0.1, 0.15) is 5.56 Å². The molecule has 0 aliphatic heterocycles. The highest BCUT2D eigenvalue weighted by molar-refractivity contribution is 9.10. The molecule has 6 heteroatoms. The van der Waals surface area contributed by atoms with E-state index >= 15 is 0 Å². The first-order valence-corrected chi connectivity index (χ1v) is 6.10. The number of nitrogens with zero attached hydrogens (tertiary/aromatic N) is 2. The summed E-state index contributed by atoms with van der Waals surface area (Å²) in [5, 5.41) is 18.6. The molecule has 0 saturated heterocycles. The van der Waals surface area contributed by atoms with Gasteiger partial charge in [0.2, 0.25) is 0 Å². The number of phenols is 1. The lowest BCUT2D eigenvalue weighted by Crippen LogP contribution is -2.22. The highest BCUT2D eigenvalue weighted by Gasteiger charge is 2.13. The summed E-state index contributed by atoms with van der Waals surface area (Å²) >= 11 is 3.26. The number of aromatic hydroxyl groups is 1. The van der Waals surface area contributed by atoms with Gasteiger partial charge in [-0.25, -0.2) is 0 Å². The van der Waals surface area contributed by atoms with E-state index in [4.69, 9.17) is 10.00 Å². The molecule has 1 N–H and O–H groups in total. The molecule has 1 aromatic carbocycles. The third-order valence-corrected chi connectivity index (χ3v) is 3.04. The summed E-state index contributed by atoms with van der Waals surface area (Å²) in [4.78, 5) is 13.1. The second-order valence-electron chi connectivity index (χ2n) is 3.91. The number of methoxy groups -OCH3 is 1. The molecule has 1 rings (SSSR count). The Morgan fingerprint density at radius 3 is 2.63 bits per heavy atom. The molecule has 0 unspecified atom stereocenters. The first-order valence-electron chi connectivity index (χ1n) is 5.30. The van der Waals surface area contributed by atoms with Gasteiger partial charge in [0.15, 0.2) is 11.5 Å². The number of hydrogen-bond donors (Lipinski definition) is 1. The third-order valence-electron chi connectivity index (χ3n) is 2.36. The van der Waals surface area contributed by atoms with Gasteiger partial charge >= 0.3 is 0 Å². The number of phenolic OH excluding ortho intramolecular Hbond substituents is 1. The zero-order chi connectivity index (χ0) is 14.6. The maximum Gasteiger partial charge on any atom is 0.264 e. The smallest absolute Gasteiger partial charge is 0.264 e. The van der Waals surface area contributed by atoms with Crippen LogP contribution in [0.3, 0.4) is 0 Å². The lowest BCUT2D eigenvalue weighted by molar-refractivity contribution is -0.124. The Morgan fingerprint density at radius 2 is 2.16 bits per heavy atom. The number of halogens is 1. The van der Waals surface area contributed by atoms with Crippen LogP contribution in [0.2, 0.25) is 0 Å². The van der Waals surface area contributed by atoms with Crippen LogP contribution >= 0.6 is 15.9 Å². The van der Waals surface area contributed by atoms with Gasteiger partial charge in [-0.1, -0.05) is 15.9 Å². The van der Waals surface area contributed by atoms with Crippen molar-refractivity contribution in [3.63, 3.8) is 0 Å². The van der Waals surface area contributed by atoms with Crippen molar-refractivity contribution in [3.05, 3.63) is 27.7 Å². The summed E-state index contributed by atoms with van der Waals surface area (Å²) in [6.07, 6.45) is 1.44. The average molecular weight is 325 g/mol. The topological polar surface area (TPSA) is 73.6 Å². The summed E-state index contributed by atoms with van der Waals surface area (Å²) in [5.74, 6) is -0.144. The normalized spacial score (nSPS) is 10.8. The van der Waals surface area contributed by atoms with Crippen molar-refractivity contribution in [1.29, 1.82) is 5.26 Å². The first-order chi connectivity index (χ1) is 8.90. The van der Waals surface area contributed by atoms with E-state index in [9.17, 15) is 9.90 Å². The lowest BCUT2D eigenvalue weighted by atomic mass is 10.1. The van der Waals surface area contributed by atoms with E-state index in [2.05, 4.69) is 15.9 Å². The number of amides is 1. The van der Waals surface area contributed by atoms with Crippen molar-refractivity contribution in [2.75, 3.05) is 21.2 Å². The highest BCUT2D eigenvalue weighted by atomic mass is 79.9. The van der Waals surface area contributed by atoms with Crippen molar-refractivity contribution >= 4 is 27.9 Å². The molecule has 0 aliphatic carbocycles. The van der Waals surface area contributed by atoms with Crippen LogP contribution in [0.4, 0.5) is 0 Å². The molecule has 19 heavy (non-hydrogen) atoms. The van der Waals surface area contributed by atoms with Crippen molar-refractivity contribution in [3.8, 4) is 17.6 Å². The molecule has 0 fully saturated rings. The largest absolute Gasteiger partial charge is 0.504 e. The van der Waals surface area contributed by atoms with Crippen LogP contribution in [0.25, 0.3) is 6.08 Å². The average Bonchev–Trinajstić information content (AvgIpc) is 2.37. The van der Waals surface area contributed by atoms with Crippen LogP contribution in [-0.2, 0) is 4.79 Å². The minimum Gasteiger partial charge on any atom is -0.504 e. The summed E-state index contributed by atoms with van der Waals surface area (Å²) in [5.41, 5.74) is 0.569. The minimum absolute atomic E-state index is 0.00144. The van der Waals surface area contributed by atoms with Gasteiger partial charge in [-0.15, -0.1) is 0 Å². The van der Waals surface area contributed by atoms with E-state index in [1.807, 2.05) is 6.07 Å². The SMILES string of the molecule is COc1cc(C=C(C#N)C(=O)N(C)C)c(Br)cc1O. The molecule has 0 saturated carbocycles. The quantitative estimate of drug-likeness (QED) is 0.683. The van der Waals surface area contributed by atoms with Gasteiger partial charge in [0.05, 0.1) is 7.11 Å². The molecule has 1 amide bonds. The Morgan fingerprint density at radius 1 is 1.53 bits per heavy atom. The molecule has 0 aromatic heterocycles. The number of hydrogen-bond acceptors (Lipinski definition) is 4. The first kappa shape index (κ1) is 15.1. The Balaban J connectivity index is 3.30. The van der Waals surface area contributed by atoms with Crippen molar-refractivity contribution < 1.29 is 14.6 Å². The molecular formula is C13H13BrN2O3. The molecule has 0 atom stereocenters.